The molecule has 1 aliphatic heterocycles. The quantitative estimate of drug-likeness (QED) is 0.752. The van der Waals surface area contributed by atoms with Crippen LogP contribution in [0.15, 0.2) is 36.7 Å². The van der Waals surface area contributed by atoms with Crippen LogP contribution in [0, 0.1) is 0 Å². The van der Waals surface area contributed by atoms with Gasteiger partial charge >= 0.3 is 0 Å². The van der Waals surface area contributed by atoms with Crippen LogP contribution >= 0.6 is 0 Å². The summed E-state index contributed by atoms with van der Waals surface area (Å²) >= 11 is 0. The van der Waals surface area contributed by atoms with E-state index in [1.54, 1.807) is 0 Å². The van der Waals surface area contributed by atoms with Gasteiger partial charge in [-0.05, 0) is 19.1 Å². The lowest BCUT2D eigenvalue weighted by Crippen LogP contribution is -2.49. The van der Waals surface area contributed by atoms with E-state index in [9.17, 15) is 4.79 Å². The smallest absolute Gasteiger partial charge is 0.257 e. The van der Waals surface area contributed by atoms with E-state index in [4.69, 9.17) is 4.74 Å². The Kier molecular flexibility index (Phi) is 6.50. The molecule has 0 N–H and O–H groups in total. The Bertz CT molecular complexity index is 748. The van der Waals surface area contributed by atoms with Gasteiger partial charge in [-0.15, -0.1) is 0 Å². The van der Waals surface area contributed by atoms with Crippen LogP contribution in [0.1, 0.15) is 42.9 Å². The lowest BCUT2D eigenvalue weighted by Gasteiger charge is -2.35. The van der Waals surface area contributed by atoms with Gasteiger partial charge in [-0.2, -0.15) is 0 Å². The normalized spacial score (nSPS) is 15.3. The van der Waals surface area contributed by atoms with Gasteiger partial charge < -0.3 is 14.2 Å². The molecule has 1 fully saturated rings. The number of nitrogens with zero attached hydrogens (tertiary/aromatic N) is 4. The van der Waals surface area contributed by atoms with E-state index in [2.05, 4.69) is 34.5 Å². The summed E-state index contributed by atoms with van der Waals surface area (Å²) in [5.74, 6) is 2.31. The second kappa shape index (κ2) is 9.04. The minimum absolute atomic E-state index is 0.0652. The molecule has 146 valence electrons. The van der Waals surface area contributed by atoms with E-state index in [-0.39, 0.29) is 5.91 Å². The van der Waals surface area contributed by atoms with Crippen LogP contribution in [0.25, 0.3) is 0 Å². The fraction of sp³-hybridized carbons (Fsp3) is 0.524. The van der Waals surface area contributed by atoms with Crippen molar-refractivity contribution in [3.63, 3.8) is 0 Å². The first-order valence-electron chi connectivity index (χ1n) is 9.84. The maximum atomic E-state index is 12.9. The molecule has 0 bridgehead atoms. The Morgan fingerprint density at radius 1 is 1.15 bits per heavy atom. The summed E-state index contributed by atoms with van der Waals surface area (Å²) in [5.41, 5.74) is 0.660. The lowest BCUT2D eigenvalue weighted by molar-refractivity contribution is 0.0629. The van der Waals surface area contributed by atoms with E-state index in [1.807, 2.05) is 42.3 Å². The van der Waals surface area contributed by atoms with Gasteiger partial charge in [0.05, 0.1) is 12.2 Å². The summed E-state index contributed by atoms with van der Waals surface area (Å²) in [5, 5.41) is 0. The molecule has 0 radical (unpaired) electrons. The van der Waals surface area contributed by atoms with E-state index >= 15 is 0 Å². The largest absolute Gasteiger partial charge is 0.493 e. The molecule has 2 heterocycles. The number of benzene rings is 1. The zero-order valence-electron chi connectivity index (χ0n) is 16.6. The highest BCUT2D eigenvalue weighted by Gasteiger charge is 2.24. The average Bonchev–Trinajstić information content (AvgIpc) is 3.16. The number of carbonyl (C=O) groups is 1. The summed E-state index contributed by atoms with van der Waals surface area (Å²) < 4.78 is 7.85. The third-order valence-corrected chi connectivity index (χ3v) is 5.00. The first-order chi connectivity index (χ1) is 13.1. The SMILES string of the molecule is CCOc1ccccc1C(=O)N1CCN(CCn2ccnc2C(C)C)CC1. The van der Waals surface area contributed by atoms with Gasteiger partial charge in [0.1, 0.15) is 11.6 Å². The first kappa shape index (κ1) is 19.4. The number of piperazine rings is 1. The van der Waals surface area contributed by atoms with Gasteiger partial charge in [-0.1, -0.05) is 26.0 Å². The molecule has 0 saturated carbocycles. The summed E-state index contributed by atoms with van der Waals surface area (Å²) in [6.07, 6.45) is 3.93. The summed E-state index contributed by atoms with van der Waals surface area (Å²) in [7, 11) is 0. The minimum Gasteiger partial charge on any atom is -0.493 e. The molecule has 1 amide bonds. The van der Waals surface area contributed by atoms with Crippen molar-refractivity contribution in [2.75, 3.05) is 39.3 Å². The summed E-state index contributed by atoms with van der Waals surface area (Å²) in [6, 6.07) is 7.52. The molecule has 0 spiro atoms. The number of aromatic nitrogens is 2. The number of hydrogen-bond acceptors (Lipinski definition) is 4. The third kappa shape index (κ3) is 4.69. The number of amides is 1. The highest BCUT2D eigenvalue weighted by atomic mass is 16.5. The molecule has 27 heavy (non-hydrogen) atoms. The second-order valence-corrected chi connectivity index (χ2v) is 7.20. The molecule has 0 aliphatic carbocycles. The Morgan fingerprint density at radius 2 is 1.89 bits per heavy atom. The van der Waals surface area contributed by atoms with E-state index in [1.165, 1.54) is 0 Å². The zero-order valence-corrected chi connectivity index (χ0v) is 16.6. The predicted molar refractivity (Wildman–Crippen MR) is 106 cm³/mol. The summed E-state index contributed by atoms with van der Waals surface area (Å²) in [6.45, 7) is 12.0. The number of hydrogen-bond donors (Lipinski definition) is 0. The molecule has 1 aromatic carbocycles. The molecule has 2 aromatic rings. The van der Waals surface area contributed by atoms with Crippen LogP contribution in [-0.2, 0) is 6.54 Å². The van der Waals surface area contributed by atoms with Gasteiger partial charge in [0, 0.05) is 57.6 Å². The van der Waals surface area contributed by atoms with Crippen LogP contribution < -0.4 is 4.74 Å². The van der Waals surface area contributed by atoms with Crippen LogP contribution in [0.3, 0.4) is 0 Å². The Balaban J connectivity index is 1.53. The van der Waals surface area contributed by atoms with E-state index < -0.39 is 0 Å². The number of ether oxygens (including phenoxy) is 1. The molecule has 1 aliphatic rings. The Hall–Kier alpha value is -2.34. The highest BCUT2D eigenvalue weighted by Crippen LogP contribution is 2.21. The molecule has 6 nitrogen and oxygen atoms in total. The highest BCUT2D eigenvalue weighted by molar-refractivity contribution is 5.97. The van der Waals surface area contributed by atoms with Crippen molar-refractivity contribution in [1.82, 2.24) is 19.4 Å². The lowest BCUT2D eigenvalue weighted by atomic mass is 10.1. The molecule has 6 heteroatoms. The average molecular weight is 370 g/mol. The first-order valence-corrected chi connectivity index (χ1v) is 9.84. The van der Waals surface area contributed by atoms with Crippen molar-refractivity contribution < 1.29 is 9.53 Å². The van der Waals surface area contributed by atoms with Gasteiger partial charge in [0.25, 0.3) is 5.91 Å². The van der Waals surface area contributed by atoms with Crippen LogP contribution in [-0.4, -0.2) is 64.6 Å². The number of rotatable bonds is 7. The van der Waals surface area contributed by atoms with Crippen molar-refractivity contribution in [3.05, 3.63) is 48.0 Å². The number of para-hydroxylation sites is 1. The fourth-order valence-corrected chi connectivity index (χ4v) is 3.53. The van der Waals surface area contributed by atoms with E-state index in [0.29, 0.717) is 23.8 Å². The monoisotopic (exact) mass is 370 g/mol. The third-order valence-electron chi connectivity index (χ3n) is 5.00. The van der Waals surface area contributed by atoms with Crippen molar-refractivity contribution in [2.45, 2.75) is 33.2 Å². The van der Waals surface area contributed by atoms with Gasteiger partial charge in [-0.3, -0.25) is 9.69 Å². The van der Waals surface area contributed by atoms with Crippen LogP contribution in [0.2, 0.25) is 0 Å². The molecular formula is C21H30N4O2. The second-order valence-electron chi connectivity index (χ2n) is 7.20. The molecule has 1 aromatic heterocycles. The number of carbonyl (C=O) groups excluding carboxylic acids is 1. The molecular weight excluding hydrogens is 340 g/mol. The Labute approximate surface area is 161 Å². The summed E-state index contributed by atoms with van der Waals surface area (Å²) in [4.78, 5) is 21.7. The van der Waals surface area contributed by atoms with Gasteiger partial charge in [0.2, 0.25) is 0 Å². The van der Waals surface area contributed by atoms with Gasteiger partial charge in [-0.25, -0.2) is 4.98 Å². The van der Waals surface area contributed by atoms with Crippen molar-refractivity contribution >= 4 is 5.91 Å². The van der Waals surface area contributed by atoms with E-state index in [0.717, 1.165) is 45.1 Å². The van der Waals surface area contributed by atoms with Crippen LogP contribution in [0.4, 0.5) is 0 Å². The standard InChI is InChI=1S/C21H30N4O2/c1-4-27-19-8-6-5-7-18(19)21(26)25-15-12-23(13-16-25)11-14-24-10-9-22-20(24)17(2)3/h5-10,17H,4,11-16H2,1-3H3. The van der Waals surface area contributed by atoms with Crippen molar-refractivity contribution in [2.24, 2.45) is 0 Å². The molecule has 1 saturated heterocycles. The maximum absolute atomic E-state index is 12.9. The van der Waals surface area contributed by atoms with Crippen molar-refractivity contribution in [1.29, 1.82) is 0 Å². The van der Waals surface area contributed by atoms with Crippen molar-refractivity contribution in [3.8, 4) is 5.75 Å². The minimum atomic E-state index is 0.0652. The molecule has 0 unspecified atom stereocenters. The molecule has 3 rings (SSSR count). The predicted octanol–water partition coefficient (Wildman–Crippen LogP) is 2.86. The Morgan fingerprint density at radius 3 is 2.59 bits per heavy atom. The van der Waals surface area contributed by atoms with Crippen LogP contribution in [0.5, 0.6) is 5.75 Å². The fourth-order valence-electron chi connectivity index (χ4n) is 3.53. The maximum Gasteiger partial charge on any atom is 0.257 e. The van der Waals surface area contributed by atoms with Gasteiger partial charge in [0.15, 0.2) is 0 Å². The zero-order chi connectivity index (χ0) is 19.2. The molecule has 0 atom stereocenters. The number of imidazole rings is 1. The topological polar surface area (TPSA) is 50.6 Å².